The van der Waals surface area contributed by atoms with E-state index in [9.17, 15) is 19.2 Å². The molecule has 2 atom stereocenters. The average Bonchev–Trinajstić information content (AvgIpc) is 3.11. The number of carbonyl (C=O) groups is 4. The fraction of sp³-hybridized carbons (Fsp3) is 0.421. The molecular formula is C38H45N5O5. The molecule has 2 unspecified atom stereocenters. The lowest BCUT2D eigenvalue weighted by atomic mass is 9.85. The molecule has 4 rings (SSSR count). The average molecular weight is 652 g/mol. The molecule has 1 aliphatic rings. The van der Waals surface area contributed by atoms with Gasteiger partial charge in [-0.15, -0.1) is 0 Å². The molecule has 3 amide bonds. The Bertz CT molecular complexity index is 1540. The number of nitrogens with one attached hydrogen (secondary N) is 2. The first-order chi connectivity index (χ1) is 23.4. The zero-order valence-corrected chi connectivity index (χ0v) is 27.4. The lowest BCUT2D eigenvalue weighted by molar-refractivity contribution is -0.136. The molecule has 0 aromatic heterocycles. The molecule has 3 aromatic rings. The summed E-state index contributed by atoms with van der Waals surface area (Å²) in [5.74, 6) is -0.645. The molecular weight excluding hydrogens is 606 g/mol. The Labute approximate surface area is 282 Å². The van der Waals surface area contributed by atoms with Gasteiger partial charge in [0, 0.05) is 35.4 Å². The van der Waals surface area contributed by atoms with Crippen LogP contribution in [0.2, 0.25) is 0 Å². The summed E-state index contributed by atoms with van der Waals surface area (Å²) in [6, 6.07) is 26.0. The molecule has 0 radical (unpaired) electrons. The van der Waals surface area contributed by atoms with E-state index in [0.717, 1.165) is 30.7 Å². The van der Waals surface area contributed by atoms with E-state index in [1.807, 2.05) is 72.8 Å². The molecule has 0 bridgehead atoms. The lowest BCUT2D eigenvalue weighted by Gasteiger charge is -2.25. The van der Waals surface area contributed by atoms with Crippen LogP contribution in [0.1, 0.15) is 93.0 Å². The van der Waals surface area contributed by atoms with E-state index in [4.69, 9.17) is 10.3 Å². The summed E-state index contributed by atoms with van der Waals surface area (Å²) in [6.45, 7) is 0. The topological polar surface area (TPSA) is 150 Å². The van der Waals surface area contributed by atoms with Crippen LogP contribution in [0.5, 0.6) is 11.5 Å². The summed E-state index contributed by atoms with van der Waals surface area (Å²) in [6.07, 6.45) is 10.7. The van der Waals surface area contributed by atoms with Crippen molar-refractivity contribution in [2.24, 2.45) is 11.0 Å². The monoisotopic (exact) mass is 651 g/mol. The van der Waals surface area contributed by atoms with Gasteiger partial charge in [-0.25, -0.2) is 0 Å². The summed E-state index contributed by atoms with van der Waals surface area (Å²) in [5, 5.41) is 9.12. The second-order valence-electron chi connectivity index (χ2n) is 12.5. The Morgan fingerprint density at radius 2 is 1.48 bits per heavy atom. The van der Waals surface area contributed by atoms with E-state index in [2.05, 4.69) is 20.7 Å². The van der Waals surface area contributed by atoms with Gasteiger partial charge < -0.3 is 15.4 Å². The maximum absolute atomic E-state index is 13.6. The van der Waals surface area contributed by atoms with Gasteiger partial charge in [-0.1, -0.05) is 99.5 Å². The largest absolute Gasteiger partial charge is 0.457 e. The van der Waals surface area contributed by atoms with Gasteiger partial charge in [0.2, 0.25) is 11.7 Å². The number of hydrogen-bond acceptors (Lipinski definition) is 5. The summed E-state index contributed by atoms with van der Waals surface area (Å²) in [5.41, 5.74) is 9.96. The lowest BCUT2D eigenvalue weighted by Crippen LogP contribution is -2.40. The minimum absolute atomic E-state index is 0.113. The van der Waals surface area contributed by atoms with Crippen LogP contribution in [0.4, 0.5) is 0 Å². The maximum atomic E-state index is 13.6. The Hall–Kier alpha value is -4.95. The molecule has 10 nitrogen and oxygen atoms in total. The van der Waals surface area contributed by atoms with Crippen molar-refractivity contribution in [1.82, 2.24) is 10.6 Å². The minimum Gasteiger partial charge on any atom is -0.457 e. The number of amides is 3. The molecule has 2 N–H and O–H groups in total. The number of rotatable bonds is 18. The Morgan fingerprint density at radius 3 is 2.21 bits per heavy atom. The summed E-state index contributed by atoms with van der Waals surface area (Å²) < 4.78 is 5.96. The summed E-state index contributed by atoms with van der Waals surface area (Å²) >= 11 is 0. The number of ketones is 1. The first-order valence-corrected chi connectivity index (χ1v) is 17.0. The summed E-state index contributed by atoms with van der Waals surface area (Å²) in [4.78, 5) is 52.3. The number of ether oxygens (including phenoxy) is 1. The van der Waals surface area contributed by atoms with E-state index in [1.165, 1.54) is 32.1 Å². The van der Waals surface area contributed by atoms with Crippen LogP contribution in [0.25, 0.3) is 10.4 Å². The van der Waals surface area contributed by atoms with Crippen LogP contribution < -0.4 is 15.4 Å². The van der Waals surface area contributed by atoms with Crippen molar-refractivity contribution in [3.05, 3.63) is 106 Å². The van der Waals surface area contributed by atoms with E-state index >= 15 is 0 Å². The van der Waals surface area contributed by atoms with Gasteiger partial charge in [-0.05, 0) is 78.1 Å². The molecule has 48 heavy (non-hydrogen) atoms. The first kappa shape index (κ1) is 35.9. The quantitative estimate of drug-likeness (QED) is 0.0618. The second-order valence-corrected chi connectivity index (χ2v) is 12.5. The molecule has 252 valence electrons. The molecule has 3 aromatic carbocycles. The van der Waals surface area contributed by atoms with E-state index in [-0.39, 0.29) is 36.7 Å². The number of benzene rings is 3. The fourth-order valence-electron chi connectivity index (χ4n) is 6.27. The van der Waals surface area contributed by atoms with Gasteiger partial charge >= 0.3 is 0 Å². The molecule has 0 saturated heterocycles. The van der Waals surface area contributed by atoms with Crippen LogP contribution in [0.15, 0.2) is 90.0 Å². The third kappa shape index (κ3) is 12.7. The van der Waals surface area contributed by atoms with Crippen LogP contribution in [-0.2, 0) is 20.8 Å². The van der Waals surface area contributed by atoms with Crippen molar-refractivity contribution in [2.45, 2.75) is 95.6 Å². The highest BCUT2D eigenvalue weighted by molar-refractivity contribution is 6.36. The van der Waals surface area contributed by atoms with Crippen LogP contribution in [-0.4, -0.2) is 35.6 Å². The molecule has 0 aliphatic heterocycles. The van der Waals surface area contributed by atoms with Crippen LogP contribution in [0.3, 0.4) is 0 Å². The smallest absolute Gasteiger partial charge is 0.284 e. The van der Waals surface area contributed by atoms with Crippen molar-refractivity contribution >= 4 is 23.5 Å². The Balaban J connectivity index is 1.42. The third-order valence-corrected chi connectivity index (χ3v) is 8.81. The zero-order chi connectivity index (χ0) is 34.0. The van der Waals surface area contributed by atoms with Crippen molar-refractivity contribution < 1.29 is 23.9 Å². The molecule has 1 fully saturated rings. The SMILES string of the molecule is [N-]=[N+]=NC(=O)C(=O)CCC(=O)NC(CCC(CCCC1CCCCC1)NC(=O)c1cccc(Oc2ccccc2)c1)Cc1ccccc1. The van der Waals surface area contributed by atoms with Crippen molar-refractivity contribution in [3.8, 4) is 11.5 Å². The predicted molar refractivity (Wildman–Crippen MR) is 184 cm³/mol. The Morgan fingerprint density at radius 1 is 0.792 bits per heavy atom. The van der Waals surface area contributed by atoms with E-state index in [0.29, 0.717) is 36.3 Å². The van der Waals surface area contributed by atoms with Gasteiger partial charge in [-0.2, -0.15) is 0 Å². The van der Waals surface area contributed by atoms with Gasteiger partial charge in [0.05, 0.1) is 0 Å². The molecule has 1 aliphatic carbocycles. The third-order valence-electron chi connectivity index (χ3n) is 8.81. The van der Waals surface area contributed by atoms with Crippen molar-refractivity contribution in [3.63, 3.8) is 0 Å². The highest BCUT2D eigenvalue weighted by Crippen LogP contribution is 2.28. The fourth-order valence-corrected chi connectivity index (χ4v) is 6.27. The standard InChI is InChI=1S/C38H45N5O5/c39-43-42-38(47)35(44)24-25-36(45)40-32(26-29-14-6-2-7-15-29)23-22-31(18-10-16-28-12-4-1-5-13-28)41-37(46)30-17-11-21-34(27-30)48-33-19-8-3-9-20-33/h2-3,6-9,11,14-15,17,19-21,27-28,31-32H,1,4-5,10,12-13,16,18,22-26H2,(H,40,45)(H,41,46). The Kier molecular flexibility index (Phi) is 14.7. The molecule has 1 saturated carbocycles. The molecule has 10 heteroatoms. The maximum Gasteiger partial charge on any atom is 0.284 e. The number of hydrogen-bond donors (Lipinski definition) is 2. The normalized spacial score (nSPS) is 14.2. The molecule has 0 spiro atoms. The number of azide groups is 1. The number of para-hydroxylation sites is 1. The van der Waals surface area contributed by atoms with Gasteiger partial charge in [0.15, 0.2) is 0 Å². The van der Waals surface area contributed by atoms with Crippen LogP contribution >= 0.6 is 0 Å². The highest BCUT2D eigenvalue weighted by atomic mass is 16.5. The number of Topliss-reactive ketones (excluding diaryl/α,β-unsaturated/α-hetero) is 1. The van der Waals surface area contributed by atoms with Gasteiger partial charge in [0.1, 0.15) is 11.5 Å². The van der Waals surface area contributed by atoms with Crippen LogP contribution in [0, 0.1) is 5.92 Å². The zero-order valence-electron chi connectivity index (χ0n) is 27.4. The predicted octanol–water partition coefficient (Wildman–Crippen LogP) is 8.02. The first-order valence-electron chi connectivity index (χ1n) is 17.0. The van der Waals surface area contributed by atoms with Crippen molar-refractivity contribution in [1.29, 1.82) is 0 Å². The minimum atomic E-state index is -1.20. The summed E-state index contributed by atoms with van der Waals surface area (Å²) in [7, 11) is 0. The van der Waals surface area contributed by atoms with Crippen molar-refractivity contribution in [2.75, 3.05) is 0 Å². The van der Waals surface area contributed by atoms with Gasteiger partial charge in [0.25, 0.3) is 11.8 Å². The van der Waals surface area contributed by atoms with E-state index < -0.39 is 11.7 Å². The number of carbonyl (C=O) groups excluding carboxylic acids is 4. The van der Waals surface area contributed by atoms with E-state index in [1.54, 1.807) is 12.1 Å². The second kappa shape index (κ2) is 19.7. The highest BCUT2D eigenvalue weighted by Gasteiger charge is 2.21. The molecule has 0 heterocycles. The van der Waals surface area contributed by atoms with Gasteiger partial charge in [-0.3, -0.25) is 19.2 Å². The number of nitrogens with zero attached hydrogens (tertiary/aromatic N) is 3.